The number of amides is 2. The summed E-state index contributed by atoms with van der Waals surface area (Å²) >= 11 is 5.92. The highest BCUT2D eigenvalue weighted by molar-refractivity contribution is 6.33. The van der Waals surface area contributed by atoms with Gasteiger partial charge in [-0.2, -0.15) is 0 Å². The van der Waals surface area contributed by atoms with Gasteiger partial charge in [-0.05, 0) is 48.7 Å². The maximum absolute atomic E-state index is 13.1. The van der Waals surface area contributed by atoms with Gasteiger partial charge in [-0.3, -0.25) is 4.79 Å². The average Bonchev–Trinajstić information content (AvgIpc) is 3.31. The van der Waals surface area contributed by atoms with Crippen molar-refractivity contribution in [1.82, 2.24) is 9.97 Å². The van der Waals surface area contributed by atoms with Crippen LogP contribution >= 0.6 is 11.6 Å². The fraction of sp³-hybridized carbons (Fsp3) is 0.250. The second-order valence-corrected chi connectivity index (χ2v) is 8.52. The van der Waals surface area contributed by atoms with Crippen molar-refractivity contribution in [1.29, 1.82) is 0 Å². The van der Waals surface area contributed by atoms with Crippen molar-refractivity contribution in [2.24, 2.45) is 5.41 Å². The van der Waals surface area contributed by atoms with E-state index >= 15 is 0 Å². The number of carboxylic acids is 1. The Morgan fingerprint density at radius 2 is 1.71 bits per heavy atom. The molecule has 0 spiro atoms. The summed E-state index contributed by atoms with van der Waals surface area (Å²) in [6, 6.07) is 10.3. The lowest BCUT2D eigenvalue weighted by molar-refractivity contribution is -0.150. The molecule has 3 N–H and O–H groups in total. The number of urea groups is 1. The molecule has 34 heavy (non-hydrogen) atoms. The summed E-state index contributed by atoms with van der Waals surface area (Å²) in [7, 11) is 0. The van der Waals surface area contributed by atoms with Gasteiger partial charge >= 0.3 is 18.0 Å². The van der Waals surface area contributed by atoms with Crippen LogP contribution in [-0.2, 0) is 4.79 Å². The molecule has 0 bridgehead atoms. The first kappa shape index (κ1) is 23.4. The number of carbonyl (C=O) groups is 2. The molecule has 1 fully saturated rings. The van der Waals surface area contributed by atoms with E-state index in [1.165, 1.54) is 12.1 Å². The number of carbonyl (C=O) groups excluding carboxylic acids is 1. The Kier molecular flexibility index (Phi) is 6.93. The van der Waals surface area contributed by atoms with Crippen LogP contribution < -0.4 is 15.4 Å². The molecule has 0 radical (unpaired) electrons. The standard InChI is InChI=1S/C24H22ClFN4O4/c25-19-11-17(26)5-8-20(19)30-22(33)29-18-6-3-15(4-7-18)16-12-27-23(28-13-16)34-14-24(21(31)32)9-1-2-10-24/h3-8,11-13H,1-2,9-10,14H2,(H,31,32)(H2,29,30,33). The zero-order valence-corrected chi connectivity index (χ0v) is 18.8. The smallest absolute Gasteiger partial charge is 0.323 e. The van der Waals surface area contributed by atoms with Crippen LogP contribution in [0.2, 0.25) is 5.02 Å². The van der Waals surface area contributed by atoms with Crippen molar-refractivity contribution in [3.05, 3.63) is 65.7 Å². The van der Waals surface area contributed by atoms with Crippen molar-refractivity contribution in [2.45, 2.75) is 25.7 Å². The van der Waals surface area contributed by atoms with E-state index in [2.05, 4.69) is 20.6 Å². The molecular formula is C24H22ClFN4O4. The molecule has 1 aliphatic carbocycles. The molecule has 0 unspecified atom stereocenters. The van der Waals surface area contributed by atoms with Crippen LogP contribution in [0.3, 0.4) is 0 Å². The third-order valence-electron chi connectivity index (χ3n) is 5.78. The Morgan fingerprint density at radius 3 is 2.32 bits per heavy atom. The van der Waals surface area contributed by atoms with Crippen LogP contribution in [0.15, 0.2) is 54.9 Å². The summed E-state index contributed by atoms with van der Waals surface area (Å²) in [6.07, 6.45) is 6.13. The van der Waals surface area contributed by atoms with Crippen LogP contribution in [-0.4, -0.2) is 33.7 Å². The molecule has 1 aromatic heterocycles. The molecule has 1 saturated carbocycles. The minimum Gasteiger partial charge on any atom is -0.481 e. The van der Waals surface area contributed by atoms with Gasteiger partial charge in [0.2, 0.25) is 0 Å². The number of nitrogens with one attached hydrogen (secondary N) is 2. The Hall–Kier alpha value is -3.72. The maximum atomic E-state index is 13.1. The SMILES string of the molecule is O=C(Nc1ccc(-c2cnc(OCC3(C(=O)O)CCCC3)nc2)cc1)Nc1ccc(F)cc1Cl. The monoisotopic (exact) mass is 484 g/mol. The highest BCUT2D eigenvalue weighted by Gasteiger charge is 2.42. The molecule has 2 amide bonds. The summed E-state index contributed by atoms with van der Waals surface area (Å²) < 4.78 is 18.7. The van der Waals surface area contributed by atoms with Gasteiger partial charge in [-0.25, -0.2) is 19.2 Å². The van der Waals surface area contributed by atoms with Gasteiger partial charge in [0.1, 0.15) is 17.8 Å². The lowest BCUT2D eigenvalue weighted by atomic mass is 9.87. The van der Waals surface area contributed by atoms with E-state index in [0.717, 1.165) is 30.0 Å². The predicted molar refractivity (Wildman–Crippen MR) is 126 cm³/mol. The van der Waals surface area contributed by atoms with E-state index in [4.69, 9.17) is 16.3 Å². The highest BCUT2D eigenvalue weighted by Crippen LogP contribution is 2.38. The number of hydrogen-bond acceptors (Lipinski definition) is 5. The number of carboxylic acid groups (broad SMARTS) is 1. The van der Waals surface area contributed by atoms with Crippen molar-refractivity contribution in [3.63, 3.8) is 0 Å². The first-order valence-corrected chi connectivity index (χ1v) is 11.0. The van der Waals surface area contributed by atoms with E-state index in [-0.39, 0.29) is 17.6 Å². The van der Waals surface area contributed by atoms with Gasteiger partial charge in [0.15, 0.2) is 0 Å². The Morgan fingerprint density at radius 1 is 1.03 bits per heavy atom. The predicted octanol–water partition coefficient (Wildman–Crippen LogP) is 5.60. The van der Waals surface area contributed by atoms with Gasteiger partial charge in [-0.1, -0.05) is 36.6 Å². The fourth-order valence-corrected chi connectivity index (χ4v) is 4.05. The minimum atomic E-state index is -0.862. The molecule has 2 aromatic carbocycles. The quantitative estimate of drug-likeness (QED) is 0.402. The number of nitrogens with zero attached hydrogens (tertiary/aromatic N) is 2. The molecule has 3 aromatic rings. The van der Waals surface area contributed by atoms with Crippen LogP contribution in [0.5, 0.6) is 6.01 Å². The summed E-state index contributed by atoms with van der Waals surface area (Å²) in [4.78, 5) is 32.2. The molecule has 0 aliphatic heterocycles. The zero-order chi connectivity index (χ0) is 24.1. The Labute approximate surface area is 200 Å². The van der Waals surface area contributed by atoms with Crippen LogP contribution in [0.25, 0.3) is 11.1 Å². The van der Waals surface area contributed by atoms with Crippen LogP contribution in [0, 0.1) is 11.2 Å². The third-order valence-corrected chi connectivity index (χ3v) is 6.09. The fourth-order valence-electron chi connectivity index (χ4n) is 3.84. The lowest BCUT2D eigenvalue weighted by Gasteiger charge is -2.22. The van der Waals surface area contributed by atoms with Crippen molar-refractivity contribution < 1.29 is 23.8 Å². The first-order valence-electron chi connectivity index (χ1n) is 10.7. The maximum Gasteiger partial charge on any atom is 0.323 e. The number of halogens is 2. The number of aliphatic carboxylic acids is 1. The molecule has 1 heterocycles. The van der Waals surface area contributed by atoms with E-state index in [9.17, 15) is 19.1 Å². The molecular weight excluding hydrogens is 463 g/mol. The molecule has 8 nitrogen and oxygen atoms in total. The summed E-state index contributed by atoms with van der Waals surface area (Å²) in [5.41, 5.74) is 1.51. The van der Waals surface area contributed by atoms with E-state index in [0.29, 0.717) is 24.2 Å². The highest BCUT2D eigenvalue weighted by atomic mass is 35.5. The number of rotatable bonds is 7. The topological polar surface area (TPSA) is 113 Å². The van der Waals surface area contributed by atoms with Gasteiger partial charge in [-0.15, -0.1) is 0 Å². The molecule has 10 heteroatoms. The van der Waals surface area contributed by atoms with Crippen LogP contribution in [0.4, 0.5) is 20.6 Å². The lowest BCUT2D eigenvalue weighted by Crippen LogP contribution is -2.34. The Balaban J connectivity index is 1.34. The van der Waals surface area contributed by atoms with Crippen molar-refractivity contribution in [3.8, 4) is 17.1 Å². The molecule has 4 rings (SSSR count). The normalized spacial score (nSPS) is 14.4. The summed E-state index contributed by atoms with van der Waals surface area (Å²) in [5, 5.41) is 14.9. The molecule has 176 valence electrons. The van der Waals surface area contributed by atoms with E-state index in [1.807, 2.05) is 0 Å². The summed E-state index contributed by atoms with van der Waals surface area (Å²) in [5.74, 6) is -1.34. The number of ether oxygens (including phenoxy) is 1. The number of benzene rings is 2. The second-order valence-electron chi connectivity index (χ2n) is 8.12. The molecule has 0 atom stereocenters. The second kappa shape index (κ2) is 10.0. The first-order chi connectivity index (χ1) is 16.3. The molecule has 1 aliphatic rings. The largest absolute Gasteiger partial charge is 0.481 e. The summed E-state index contributed by atoms with van der Waals surface area (Å²) in [6.45, 7) is 0.0489. The number of anilines is 2. The third kappa shape index (κ3) is 5.43. The average molecular weight is 485 g/mol. The minimum absolute atomic E-state index is 0.0489. The van der Waals surface area contributed by atoms with Gasteiger partial charge in [0, 0.05) is 23.6 Å². The van der Waals surface area contributed by atoms with Gasteiger partial charge < -0.3 is 20.5 Å². The number of hydrogen-bond donors (Lipinski definition) is 3. The van der Waals surface area contributed by atoms with Gasteiger partial charge in [0.25, 0.3) is 0 Å². The van der Waals surface area contributed by atoms with Crippen molar-refractivity contribution >= 4 is 35.0 Å². The van der Waals surface area contributed by atoms with Crippen molar-refractivity contribution in [2.75, 3.05) is 17.2 Å². The van der Waals surface area contributed by atoms with E-state index in [1.54, 1.807) is 36.7 Å². The van der Waals surface area contributed by atoms with Gasteiger partial charge in [0.05, 0.1) is 10.7 Å². The molecule has 0 saturated heterocycles. The number of aromatic nitrogens is 2. The van der Waals surface area contributed by atoms with Crippen LogP contribution in [0.1, 0.15) is 25.7 Å². The van der Waals surface area contributed by atoms with E-state index < -0.39 is 23.2 Å². The zero-order valence-electron chi connectivity index (χ0n) is 18.1. The Bertz CT molecular complexity index is 1180.